The third-order valence-electron chi connectivity index (χ3n) is 3.13. The molecule has 0 fully saturated rings. The first-order valence-electron chi connectivity index (χ1n) is 7.54. The zero-order chi connectivity index (χ0) is 15.4. The molecule has 0 bridgehead atoms. The Morgan fingerprint density at radius 2 is 1.70 bits per heavy atom. The first-order valence-corrected chi connectivity index (χ1v) is 7.54. The number of ether oxygens (including phenoxy) is 1. The van der Waals surface area contributed by atoms with Gasteiger partial charge >= 0.3 is 0 Å². The second kappa shape index (κ2) is 6.62. The molecule has 0 aliphatic carbocycles. The fraction of sp³-hybridized carbons (Fsp3) is 0.667. The van der Waals surface area contributed by atoms with Gasteiger partial charge in [-0.15, -0.1) is 0 Å². The first-order chi connectivity index (χ1) is 9.07. The minimum absolute atomic E-state index is 0.117. The number of benzene rings is 1. The van der Waals surface area contributed by atoms with Crippen LogP contribution in [0.2, 0.25) is 0 Å². The van der Waals surface area contributed by atoms with Crippen LogP contribution in [0.3, 0.4) is 0 Å². The van der Waals surface area contributed by atoms with Gasteiger partial charge in [-0.05, 0) is 45.6 Å². The summed E-state index contributed by atoms with van der Waals surface area (Å²) < 4.78 is 5.99. The van der Waals surface area contributed by atoms with Crippen molar-refractivity contribution in [2.24, 2.45) is 5.41 Å². The van der Waals surface area contributed by atoms with Gasteiger partial charge in [0.05, 0.1) is 6.61 Å². The summed E-state index contributed by atoms with van der Waals surface area (Å²) in [6, 6.07) is 6.43. The van der Waals surface area contributed by atoms with Crippen LogP contribution in [0.15, 0.2) is 18.2 Å². The second-order valence-electron chi connectivity index (χ2n) is 7.87. The van der Waals surface area contributed by atoms with Crippen LogP contribution in [0.4, 0.5) is 0 Å². The lowest BCUT2D eigenvalue weighted by molar-refractivity contribution is 0.240. The molecule has 0 saturated carbocycles. The monoisotopic (exact) mass is 277 g/mol. The van der Waals surface area contributed by atoms with E-state index in [9.17, 15) is 0 Å². The third-order valence-corrected chi connectivity index (χ3v) is 3.13. The molecule has 1 aromatic carbocycles. The average molecular weight is 277 g/mol. The topological polar surface area (TPSA) is 21.3 Å². The second-order valence-corrected chi connectivity index (χ2v) is 7.87. The molecule has 0 atom stereocenters. The summed E-state index contributed by atoms with van der Waals surface area (Å²) in [5.74, 6) is 1.01. The van der Waals surface area contributed by atoms with Gasteiger partial charge in [0.15, 0.2) is 0 Å². The SMILES string of the molecule is Cc1ccc(OCCC(C)(C)C)c(CNC(C)(C)C)c1. The highest BCUT2D eigenvalue weighted by Gasteiger charge is 2.13. The van der Waals surface area contributed by atoms with Crippen molar-refractivity contribution in [2.45, 2.75) is 67.0 Å². The quantitative estimate of drug-likeness (QED) is 0.842. The predicted molar refractivity (Wildman–Crippen MR) is 87.3 cm³/mol. The van der Waals surface area contributed by atoms with E-state index in [1.165, 1.54) is 11.1 Å². The molecule has 0 amide bonds. The molecule has 114 valence electrons. The van der Waals surface area contributed by atoms with Gasteiger partial charge in [-0.2, -0.15) is 0 Å². The number of aryl methyl sites for hydroxylation is 1. The van der Waals surface area contributed by atoms with Crippen molar-refractivity contribution in [2.75, 3.05) is 6.61 Å². The van der Waals surface area contributed by atoms with Crippen LogP contribution >= 0.6 is 0 Å². The van der Waals surface area contributed by atoms with Crippen LogP contribution in [-0.2, 0) is 6.54 Å². The minimum atomic E-state index is 0.117. The van der Waals surface area contributed by atoms with Gasteiger partial charge in [-0.25, -0.2) is 0 Å². The standard InChI is InChI=1S/C18H31NO/c1-14-8-9-16(20-11-10-17(2,3)4)15(12-14)13-19-18(5,6)7/h8-9,12,19H,10-11,13H2,1-7H3. The first kappa shape index (κ1) is 17.0. The highest BCUT2D eigenvalue weighted by atomic mass is 16.5. The van der Waals surface area contributed by atoms with Crippen molar-refractivity contribution in [3.05, 3.63) is 29.3 Å². The third kappa shape index (κ3) is 6.95. The lowest BCUT2D eigenvalue weighted by atomic mass is 9.93. The molecule has 20 heavy (non-hydrogen) atoms. The van der Waals surface area contributed by atoms with E-state index in [-0.39, 0.29) is 5.54 Å². The van der Waals surface area contributed by atoms with Crippen molar-refractivity contribution >= 4 is 0 Å². The fourth-order valence-corrected chi connectivity index (χ4v) is 1.81. The molecule has 0 aliphatic heterocycles. The van der Waals surface area contributed by atoms with Crippen molar-refractivity contribution in [1.82, 2.24) is 5.32 Å². The van der Waals surface area contributed by atoms with Crippen molar-refractivity contribution in [1.29, 1.82) is 0 Å². The van der Waals surface area contributed by atoms with E-state index in [0.717, 1.165) is 25.3 Å². The van der Waals surface area contributed by atoms with E-state index in [1.54, 1.807) is 0 Å². The highest BCUT2D eigenvalue weighted by Crippen LogP contribution is 2.23. The summed E-state index contributed by atoms with van der Waals surface area (Å²) in [5.41, 5.74) is 2.95. The summed E-state index contributed by atoms with van der Waals surface area (Å²) in [7, 11) is 0. The predicted octanol–water partition coefficient (Wildman–Crippen LogP) is 4.70. The molecule has 0 radical (unpaired) electrons. The number of nitrogens with one attached hydrogen (secondary N) is 1. The number of rotatable bonds is 5. The zero-order valence-corrected chi connectivity index (χ0v) is 14.3. The summed E-state index contributed by atoms with van der Waals surface area (Å²) in [5, 5.41) is 3.53. The molecule has 0 unspecified atom stereocenters. The van der Waals surface area contributed by atoms with Crippen LogP contribution in [0.1, 0.15) is 59.1 Å². The molecular formula is C18H31NO. The van der Waals surface area contributed by atoms with Gasteiger partial charge in [0, 0.05) is 17.6 Å². The molecular weight excluding hydrogens is 246 g/mol. The molecule has 0 saturated heterocycles. The summed E-state index contributed by atoms with van der Waals surface area (Å²) in [6.07, 6.45) is 1.06. The maximum Gasteiger partial charge on any atom is 0.123 e. The zero-order valence-electron chi connectivity index (χ0n) is 14.3. The van der Waals surface area contributed by atoms with Crippen LogP contribution in [0.5, 0.6) is 5.75 Å². The summed E-state index contributed by atoms with van der Waals surface area (Å²) in [4.78, 5) is 0. The van der Waals surface area contributed by atoms with Gasteiger partial charge in [0.25, 0.3) is 0 Å². The van der Waals surface area contributed by atoms with Crippen molar-refractivity contribution in [3.63, 3.8) is 0 Å². The molecule has 1 rings (SSSR count). The fourth-order valence-electron chi connectivity index (χ4n) is 1.81. The normalized spacial score (nSPS) is 12.6. The van der Waals surface area contributed by atoms with Crippen LogP contribution in [0.25, 0.3) is 0 Å². The van der Waals surface area contributed by atoms with E-state index in [1.807, 2.05) is 0 Å². The molecule has 2 heteroatoms. The van der Waals surface area contributed by atoms with Crippen molar-refractivity contribution in [3.8, 4) is 5.75 Å². The lowest BCUT2D eigenvalue weighted by Gasteiger charge is -2.23. The molecule has 0 spiro atoms. The Bertz CT molecular complexity index is 424. The van der Waals surface area contributed by atoms with Crippen LogP contribution in [-0.4, -0.2) is 12.1 Å². The number of hydrogen-bond acceptors (Lipinski definition) is 2. The number of hydrogen-bond donors (Lipinski definition) is 1. The Balaban J connectivity index is 2.70. The Morgan fingerprint density at radius 3 is 2.25 bits per heavy atom. The van der Waals surface area contributed by atoms with Crippen molar-refractivity contribution < 1.29 is 4.74 Å². The van der Waals surface area contributed by atoms with E-state index in [4.69, 9.17) is 4.74 Å². The Kier molecular flexibility index (Phi) is 5.64. The molecule has 0 aromatic heterocycles. The smallest absolute Gasteiger partial charge is 0.123 e. The van der Waals surface area contributed by atoms with Crippen LogP contribution in [0, 0.1) is 12.3 Å². The van der Waals surface area contributed by atoms with Crippen LogP contribution < -0.4 is 10.1 Å². The Morgan fingerprint density at radius 1 is 1.05 bits per heavy atom. The molecule has 1 N–H and O–H groups in total. The maximum absolute atomic E-state index is 5.99. The van der Waals surface area contributed by atoms with E-state index >= 15 is 0 Å². The van der Waals surface area contributed by atoms with E-state index in [2.05, 4.69) is 72.0 Å². The van der Waals surface area contributed by atoms with E-state index in [0.29, 0.717) is 5.41 Å². The van der Waals surface area contributed by atoms with Gasteiger partial charge in [-0.1, -0.05) is 38.5 Å². The Labute approximate surface area is 124 Å². The molecule has 2 nitrogen and oxygen atoms in total. The summed E-state index contributed by atoms with van der Waals surface area (Å²) >= 11 is 0. The average Bonchev–Trinajstić information content (AvgIpc) is 2.26. The largest absolute Gasteiger partial charge is 0.493 e. The minimum Gasteiger partial charge on any atom is -0.493 e. The highest BCUT2D eigenvalue weighted by molar-refractivity contribution is 5.37. The molecule has 0 heterocycles. The Hall–Kier alpha value is -1.02. The summed E-state index contributed by atoms with van der Waals surface area (Å²) in [6.45, 7) is 17.0. The maximum atomic E-state index is 5.99. The van der Waals surface area contributed by atoms with Gasteiger partial charge in [0.2, 0.25) is 0 Å². The molecule has 1 aromatic rings. The lowest BCUT2D eigenvalue weighted by Crippen LogP contribution is -2.35. The van der Waals surface area contributed by atoms with Gasteiger partial charge < -0.3 is 10.1 Å². The molecule has 0 aliphatic rings. The van der Waals surface area contributed by atoms with Gasteiger partial charge in [0.1, 0.15) is 5.75 Å². The van der Waals surface area contributed by atoms with E-state index < -0.39 is 0 Å². The van der Waals surface area contributed by atoms with Gasteiger partial charge in [-0.3, -0.25) is 0 Å².